The van der Waals surface area contributed by atoms with E-state index < -0.39 is 5.97 Å². The highest BCUT2D eigenvalue weighted by Crippen LogP contribution is 2.18. The maximum Gasteiger partial charge on any atom is 0.338 e. The van der Waals surface area contributed by atoms with Crippen molar-refractivity contribution in [2.75, 3.05) is 23.4 Å². The van der Waals surface area contributed by atoms with Crippen LogP contribution in [0.15, 0.2) is 42.5 Å². The van der Waals surface area contributed by atoms with E-state index in [1.807, 2.05) is 32.0 Å². The van der Waals surface area contributed by atoms with E-state index in [0.717, 1.165) is 11.1 Å². The summed E-state index contributed by atoms with van der Waals surface area (Å²) < 4.78 is 4.94. The minimum absolute atomic E-state index is 0.124. The molecule has 0 unspecified atom stereocenters. The van der Waals surface area contributed by atoms with Gasteiger partial charge in [0, 0.05) is 18.3 Å². The van der Waals surface area contributed by atoms with Gasteiger partial charge in [0.1, 0.15) is 6.54 Å². The molecule has 2 amide bonds. The van der Waals surface area contributed by atoms with Crippen molar-refractivity contribution in [1.29, 1.82) is 0 Å². The van der Waals surface area contributed by atoms with Gasteiger partial charge in [-0.15, -0.1) is 0 Å². The number of hydrogen-bond acceptors (Lipinski definition) is 4. The summed E-state index contributed by atoms with van der Waals surface area (Å²) in [5.41, 5.74) is 3.82. The van der Waals surface area contributed by atoms with Crippen LogP contribution >= 0.6 is 0 Å². The molecule has 6 heteroatoms. The topological polar surface area (TPSA) is 75.7 Å². The third-order valence-corrected chi connectivity index (χ3v) is 4.16. The molecule has 27 heavy (non-hydrogen) atoms. The molecule has 0 heterocycles. The second-order valence-electron chi connectivity index (χ2n) is 6.22. The predicted molar refractivity (Wildman–Crippen MR) is 105 cm³/mol. The predicted octanol–water partition coefficient (Wildman–Crippen LogP) is 3.47. The Bertz CT molecular complexity index is 844. The number of nitrogens with one attached hydrogen (secondary N) is 1. The number of carbonyl (C=O) groups excluding carboxylic acids is 3. The van der Waals surface area contributed by atoms with E-state index in [9.17, 15) is 14.4 Å². The van der Waals surface area contributed by atoms with E-state index in [1.165, 1.54) is 11.8 Å². The van der Waals surface area contributed by atoms with Crippen molar-refractivity contribution >= 4 is 29.2 Å². The van der Waals surface area contributed by atoms with Crippen LogP contribution in [0.3, 0.4) is 0 Å². The monoisotopic (exact) mass is 368 g/mol. The van der Waals surface area contributed by atoms with Crippen LogP contribution in [0.4, 0.5) is 11.4 Å². The highest BCUT2D eigenvalue weighted by atomic mass is 16.5. The molecule has 0 radical (unpaired) electrons. The first-order chi connectivity index (χ1) is 12.8. The SMILES string of the molecule is CCOC(=O)c1ccc(N(CC(=O)Nc2ccc(C)c(C)c2)C(C)=O)cc1. The van der Waals surface area contributed by atoms with Gasteiger partial charge in [-0.25, -0.2) is 4.79 Å². The molecule has 142 valence electrons. The van der Waals surface area contributed by atoms with Gasteiger partial charge in [0.05, 0.1) is 12.2 Å². The van der Waals surface area contributed by atoms with E-state index in [4.69, 9.17) is 4.74 Å². The highest BCUT2D eigenvalue weighted by Gasteiger charge is 2.17. The largest absolute Gasteiger partial charge is 0.462 e. The van der Waals surface area contributed by atoms with Gasteiger partial charge in [0.25, 0.3) is 0 Å². The van der Waals surface area contributed by atoms with Crippen LogP contribution in [0, 0.1) is 13.8 Å². The Hall–Kier alpha value is -3.15. The van der Waals surface area contributed by atoms with Gasteiger partial charge in [-0.3, -0.25) is 9.59 Å². The second-order valence-corrected chi connectivity index (χ2v) is 6.22. The van der Waals surface area contributed by atoms with Crippen LogP contribution in [-0.2, 0) is 14.3 Å². The molecule has 0 spiro atoms. The summed E-state index contributed by atoms with van der Waals surface area (Å²) in [5.74, 6) is -0.997. The molecule has 0 atom stereocenters. The number of carbonyl (C=O) groups is 3. The quantitative estimate of drug-likeness (QED) is 0.792. The molecule has 1 N–H and O–H groups in total. The van der Waals surface area contributed by atoms with Crippen molar-refractivity contribution in [2.45, 2.75) is 27.7 Å². The van der Waals surface area contributed by atoms with E-state index in [-0.39, 0.29) is 18.4 Å². The number of anilines is 2. The van der Waals surface area contributed by atoms with Crippen LogP contribution < -0.4 is 10.2 Å². The average Bonchev–Trinajstić information content (AvgIpc) is 2.63. The van der Waals surface area contributed by atoms with E-state index in [1.54, 1.807) is 31.2 Å². The van der Waals surface area contributed by atoms with E-state index in [2.05, 4.69) is 5.32 Å². The fourth-order valence-corrected chi connectivity index (χ4v) is 2.54. The molecule has 2 rings (SSSR count). The zero-order chi connectivity index (χ0) is 20.0. The molecule has 2 aromatic rings. The van der Waals surface area contributed by atoms with Crippen LogP contribution in [0.2, 0.25) is 0 Å². The Balaban J connectivity index is 2.10. The first kappa shape index (κ1) is 20.2. The fourth-order valence-electron chi connectivity index (χ4n) is 2.54. The Morgan fingerprint density at radius 2 is 1.67 bits per heavy atom. The lowest BCUT2D eigenvalue weighted by Gasteiger charge is -2.21. The lowest BCUT2D eigenvalue weighted by Crippen LogP contribution is -2.36. The molecule has 6 nitrogen and oxygen atoms in total. The normalized spacial score (nSPS) is 10.2. The molecule has 0 saturated heterocycles. The number of rotatable bonds is 6. The molecule has 0 fully saturated rings. The van der Waals surface area contributed by atoms with Gasteiger partial charge in [0.15, 0.2) is 0 Å². The van der Waals surface area contributed by atoms with Crippen molar-refractivity contribution in [3.63, 3.8) is 0 Å². The second kappa shape index (κ2) is 8.98. The molecular weight excluding hydrogens is 344 g/mol. The van der Waals surface area contributed by atoms with Crippen molar-refractivity contribution < 1.29 is 19.1 Å². The Kier molecular flexibility index (Phi) is 6.71. The summed E-state index contributed by atoms with van der Waals surface area (Å²) in [4.78, 5) is 37.5. The summed E-state index contributed by atoms with van der Waals surface area (Å²) in [6.07, 6.45) is 0. The van der Waals surface area contributed by atoms with Gasteiger partial charge in [-0.2, -0.15) is 0 Å². The third kappa shape index (κ3) is 5.41. The van der Waals surface area contributed by atoms with E-state index >= 15 is 0 Å². The summed E-state index contributed by atoms with van der Waals surface area (Å²) >= 11 is 0. The lowest BCUT2D eigenvalue weighted by molar-refractivity contribution is -0.120. The zero-order valence-electron chi connectivity index (χ0n) is 16.0. The van der Waals surface area contributed by atoms with E-state index in [0.29, 0.717) is 23.5 Å². The highest BCUT2D eigenvalue weighted by molar-refractivity contribution is 6.02. The van der Waals surface area contributed by atoms with Gasteiger partial charge in [-0.05, 0) is 68.3 Å². The molecule has 0 aliphatic rings. The van der Waals surface area contributed by atoms with Crippen molar-refractivity contribution in [2.24, 2.45) is 0 Å². The van der Waals surface area contributed by atoms with Crippen LogP contribution in [0.5, 0.6) is 0 Å². The standard InChI is InChI=1S/C21H24N2O4/c1-5-27-21(26)17-7-10-19(11-8-17)23(16(4)24)13-20(25)22-18-9-6-14(2)15(3)12-18/h6-12H,5,13H2,1-4H3,(H,22,25). The van der Waals surface area contributed by atoms with Crippen LogP contribution in [-0.4, -0.2) is 30.9 Å². The maximum absolute atomic E-state index is 12.4. The molecule has 0 aliphatic heterocycles. The number of benzene rings is 2. The molecule has 0 aliphatic carbocycles. The zero-order valence-corrected chi connectivity index (χ0v) is 16.0. The van der Waals surface area contributed by atoms with Crippen molar-refractivity contribution in [3.8, 4) is 0 Å². The summed E-state index contributed by atoms with van der Waals surface area (Å²) in [6.45, 7) is 7.26. The lowest BCUT2D eigenvalue weighted by atomic mass is 10.1. The number of amides is 2. The summed E-state index contributed by atoms with van der Waals surface area (Å²) in [5, 5.41) is 2.80. The summed E-state index contributed by atoms with van der Waals surface area (Å²) in [6, 6.07) is 12.0. The van der Waals surface area contributed by atoms with Gasteiger partial charge >= 0.3 is 5.97 Å². The van der Waals surface area contributed by atoms with Crippen LogP contribution in [0.25, 0.3) is 0 Å². The van der Waals surface area contributed by atoms with Gasteiger partial charge in [-0.1, -0.05) is 6.07 Å². The number of nitrogens with zero attached hydrogens (tertiary/aromatic N) is 1. The number of ether oxygens (including phenoxy) is 1. The Labute approximate surface area is 159 Å². The molecular formula is C21H24N2O4. The number of hydrogen-bond donors (Lipinski definition) is 1. The molecule has 0 bridgehead atoms. The number of aryl methyl sites for hydroxylation is 2. The third-order valence-electron chi connectivity index (χ3n) is 4.16. The molecule has 2 aromatic carbocycles. The number of esters is 1. The minimum Gasteiger partial charge on any atom is -0.462 e. The average molecular weight is 368 g/mol. The summed E-state index contributed by atoms with van der Waals surface area (Å²) in [7, 11) is 0. The maximum atomic E-state index is 12.4. The fraction of sp³-hybridized carbons (Fsp3) is 0.286. The van der Waals surface area contributed by atoms with Crippen molar-refractivity contribution in [1.82, 2.24) is 0 Å². The first-order valence-electron chi connectivity index (χ1n) is 8.74. The smallest absolute Gasteiger partial charge is 0.338 e. The Morgan fingerprint density at radius 3 is 2.22 bits per heavy atom. The van der Waals surface area contributed by atoms with Crippen LogP contribution in [0.1, 0.15) is 35.3 Å². The Morgan fingerprint density at radius 1 is 1.00 bits per heavy atom. The van der Waals surface area contributed by atoms with Gasteiger partial charge in [0.2, 0.25) is 11.8 Å². The van der Waals surface area contributed by atoms with Crippen molar-refractivity contribution in [3.05, 3.63) is 59.2 Å². The minimum atomic E-state index is -0.425. The van der Waals surface area contributed by atoms with Gasteiger partial charge < -0.3 is 15.0 Å². The molecule has 0 saturated carbocycles. The molecule has 0 aromatic heterocycles. The first-order valence-corrected chi connectivity index (χ1v) is 8.74.